The number of rotatable bonds is 1. The van der Waals surface area contributed by atoms with E-state index in [9.17, 15) is 5.11 Å². The average Bonchev–Trinajstić information content (AvgIpc) is 2.80. The monoisotopic (exact) mass is 184 g/mol. The molecule has 2 aliphatic rings. The summed E-state index contributed by atoms with van der Waals surface area (Å²) in [5.41, 5.74) is 0.207. The Kier molecular flexibility index (Phi) is 2.34. The zero-order chi connectivity index (χ0) is 9.47. The molecule has 1 atom stereocenters. The first-order chi connectivity index (χ1) is 6.09. The van der Waals surface area contributed by atoms with Gasteiger partial charge in [0, 0.05) is 31.2 Å². The van der Waals surface area contributed by atoms with Gasteiger partial charge in [0.1, 0.15) is 0 Å². The molecule has 1 heterocycles. The largest absolute Gasteiger partial charge is 0.390 e. The first kappa shape index (κ1) is 9.44. The first-order valence-corrected chi connectivity index (χ1v) is 5.25. The average molecular weight is 184 g/mol. The maximum absolute atomic E-state index is 9.66. The predicted octanol–water partition coefficient (Wildman–Crippen LogP) is 0.194. The van der Waals surface area contributed by atoms with Crippen molar-refractivity contribution in [2.75, 3.05) is 19.6 Å². The maximum atomic E-state index is 9.66. The van der Waals surface area contributed by atoms with Gasteiger partial charge in [0.25, 0.3) is 0 Å². The van der Waals surface area contributed by atoms with Crippen LogP contribution in [0.15, 0.2) is 0 Å². The zero-order valence-electron chi connectivity index (χ0n) is 8.58. The summed E-state index contributed by atoms with van der Waals surface area (Å²) in [6, 6.07) is 0.740. The van der Waals surface area contributed by atoms with Crippen molar-refractivity contribution >= 4 is 0 Å². The van der Waals surface area contributed by atoms with E-state index >= 15 is 0 Å². The number of hydrogen-bond acceptors (Lipinski definition) is 3. The van der Waals surface area contributed by atoms with E-state index in [0.29, 0.717) is 0 Å². The van der Waals surface area contributed by atoms with Crippen LogP contribution < -0.4 is 5.32 Å². The molecule has 2 N–H and O–H groups in total. The van der Waals surface area contributed by atoms with Crippen LogP contribution in [0, 0.1) is 0 Å². The van der Waals surface area contributed by atoms with Crippen LogP contribution in [0.4, 0.5) is 0 Å². The van der Waals surface area contributed by atoms with Crippen LogP contribution in [-0.4, -0.2) is 47.3 Å². The number of hydrogen-bond donors (Lipinski definition) is 2. The van der Waals surface area contributed by atoms with Crippen molar-refractivity contribution in [1.29, 1.82) is 0 Å². The summed E-state index contributed by atoms with van der Waals surface area (Å²) in [6.07, 6.45) is 2.44. The fourth-order valence-corrected chi connectivity index (χ4v) is 2.21. The Morgan fingerprint density at radius 1 is 1.38 bits per heavy atom. The Bertz CT molecular complexity index is 189. The lowest BCUT2D eigenvalue weighted by molar-refractivity contribution is 0.0701. The lowest BCUT2D eigenvalue weighted by Crippen LogP contribution is -2.50. The Balaban J connectivity index is 2.07. The molecule has 0 bridgehead atoms. The van der Waals surface area contributed by atoms with Crippen molar-refractivity contribution in [3.63, 3.8) is 0 Å². The number of β-amino-alcohol motifs (C(OH)–C–C–N with tert-alkyl or cyclic N) is 1. The molecule has 1 saturated heterocycles. The third-order valence-corrected chi connectivity index (χ3v) is 3.11. The molecule has 3 heteroatoms. The van der Waals surface area contributed by atoms with Gasteiger partial charge in [-0.1, -0.05) is 0 Å². The Morgan fingerprint density at radius 3 is 2.69 bits per heavy atom. The van der Waals surface area contributed by atoms with Crippen LogP contribution >= 0.6 is 0 Å². The Labute approximate surface area is 80.1 Å². The van der Waals surface area contributed by atoms with E-state index < -0.39 is 0 Å². The van der Waals surface area contributed by atoms with Gasteiger partial charge in [-0.3, -0.25) is 4.90 Å². The first-order valence-electron chi connectivity index (χ1n) is 5.25. The second-order valence-electron chi connectivity index (χ2n) is 4.98. The molecule has 1 aliphatic carbocycles. The summed E-state index contributed by atoms with van der Waals surface area (Å²) in [6.45, 7) is 7.09. The maximum Gasteiger partial charge on any atom is 0.0791 e. The second kappa shape index (κ2) is 3.23. The molecular formula is C10H20N2O. The van der Waals surface area contributed by atoms with Gasteiger partial charge in [0.2, 0.25) is 0 Å². The molecule has 0 radical (unpaired) electrons. The van der Waals surface area contributed by atoms with Crippen molar-refractivity contribution in [1.82, 2.24) is 10.2 Å². The SMILES string of the molecule is CC1(C)CNCC(O)CN1C1CC1. The van der Waals surface area contributed by atoms with E-state index in [-0.39, 0.29) is 11.6 Å². The van der Waals surface area contributed by atoms with Gasteiger partial charge in [-0.2, -0.15) is 0 Å². The summed E-state index contributed by atoms with van der Waals surface area (Å²) >= 11 is 0. The second-order valence-corrected chi connectivity index (χ2v) is 4.98. The van der Waals surface area contributed by atoms with E-state index in [1.54, 1.807) is 0 Å². The van der Waals surface area contributed by atoms with E-state index in [2.05, 4.69) is 24.1 Å². The van der Waals surface area contributed by atoms with Gasteiger partial charge in [-0.25, -0.2) is 0 Å². The quantitative estimate of drug-likeness (QED) is 0.611. The molecule has 1 aliphatic heterocycles. The highest BCUT2D eigenvalue weighted by Crippen LogP contribution is 2.33. The molecule has 76 valence electrons. The van der Waals surface area contributed by atoms with Gasteiger partial charge in [-0.15, -0.1) is 0 Å². The van der Waals surface area contributed by atoms with E-state index in [1.807, 2.05) is 0 Å². The van der Waals surface area contributed by atoms with Gasteiger partial charge < -0.3 is 10.4 Å². The molecule has 0 aromatic carbocycles. The third-order valence-electron chi connectivity index (χ3n) is 3.11. The molecule has 3 nitrogen and oxygen atoms in total. The standard InChI is InChI=1S/C10H20N2O/c1-10(2)7-11-5-9(13)6-12(10)8-3-4-8/h8-9,11,13H,3-7H2,1-2H3. The molecule has 0 amide bonds. The highest BCUT2D eigenvalue weighted by Gasteiger charge is 2.40. The summed E-state index contributed by atoms with van der Waals surface area (Å²) in [5, 5.41) is 13.0. The van der Waals surface area contributed by atoms with Crippen LogP contribution in [0.5, 0.6) is 0 Å². The van der Waals surface area contributed by atoms with E-state index in [4.69, 9.17) is 0 Å². The minimum absolute atomic E-state index is 0.192. The van der Waals surface area contributed by atoms with Crippen LogP contribution in [0.1, 0.15) is 26.7 Å². The number of aliphatic hydroxyl groups excluding tert-OH is 1. The summed E-state index contributed by atoms with van der Waals surface area (Å²) in [7, 11) is 0. The van der Waals surface area contributed by atoms with Crippen LogP contribution in [0.2, 0.25) is 0 Å². The van der Waals surface area contributed by atoms with Crippen LogP contribution in [0.3, 0.4) is 0 Å². The number of aliphatic hydroxyl groups is 1. The van der Waals surface area contributed by atoms with Crippen molar-refractivity contribution in [2.45, 2.75) is 44.4 Å². The lowest BCUT2D eigenvalue weighted by atomic mass is 10.0. The third kappa shape index (κ3) is 2.03. The molecule has 1 saturated carbocycles. The van der Waals surface area contributed by atoms with Crippen molar-refractivity contribution < 1.29 is 5.11 Å². The molecule has 2 fully saturated rings. The normalized spacial score (nSPS) is 35.8. The van der Waals surface area contributed by atoms with Crippen molar-refractivity contribution in [2.24, 2.45) is 0 Å². The van der Waals surface area contributed by atoms with Gasteiger partial charge in [0.15, 0.2) is 0 Å². The highest BCUT2D eigenvalue weighted by atomic mass is 16.3. The van der Waals surface area contributed by atoms with Crippen molar-refractivity contribution in [3.05, 3.63) is 0 Å². The fourth-order valence-electron chi connectivity index (χ4n) is 2.21. The minimum atomic E-state index is -0.192. The minimum Gasteiger partial charge on any atom is -0.390 e. The smallest absolute Gasteiger partial charge is 0.0791 e. The van der Waals surface area contributed by atoms with Crippen LogP contribution in [0.25, 0.3) is 0 Å². The molecule has 2 rings (SSSR count). The summed E-state index contributed by atoms with van der Waals surface area (Å²) < 4.78 is 0. The Morgan fingerprint density at radius 2 is 2.08 bits per heavy atom. The fraction of sp³-hybridized carbons (Fsp3) is 1.00. The van der Waals surface area contributed by atoms with E-state index in [1.165, 1.54) is 12.8 Å². The lowest BCUT2D eigenvalue weighted by Gasteiger charge is -2.37. The highest BCUT2D eigenvalue weighted by molar-refractivity contribution is 4.97. The van der Waals surface area contributed by atoms with Gasteiger partial charge in [-0.05, 0) is 26.7 Å². The van der Waals surface area contributed by atoms with Crippen LogP contribution in [-0.2, 0) is 0 Å². The summed E-state index contributed by atoms with van der Waals surface area (Å²) in [4.78, 5) is 2.47. The number of nitrogens with one attached hydrogen (secondary N) is 1. The predicted molar refractivity (Wildman–Crippen MR) is 52.7 cm³/mol. The molecule has 13 heavy (non-hydrogen) atoms. The number of nitrogens with zero attached hydrogens (tertiary/aromatic N) is 1. The van der Waals surface area contributed by atoms with E-state index in [0.717, 1.165) is 25.7 Å². The molecule has 1 unspecified atom stereocenters. The zero-order valence-corrected chi connectivity index (χ0v) is 8.58. The molecule has 0 aromatic rings. The topological polar surface area (TPSA) is 35.5 Å². The van der Waals surface area contributed by atoms with Gasteiger partial charge >= 0.3 is 0 Å². The summed E-state index contributed by atoms with van der Waals surface area (Å²) in [5.74, 6) is 0. The molecule has 0 spiro atoms. The molecule has 0 aromatic heterocycles. The Hall–Kier alpha value is -0.120. The van der Waals surface area contributed by atoms with Gasteiger partial charge in [0.05, 0.1) is 6.10 Å². The van der Waals surface area contributed by atoms with Crippen molar-refractivity contribution in [3.8, 4) is 0 Å². The molecular weight excluding hydrogens is 164 g/mol.